The number of nitrogens with zero attached hydrogens (tertiary/aromatic N) is 1. The molecule has 6 atom stereocenters. The standard InChI is InChI=1S/C34H57N5O6S/c1-20(2)13-16-46(45)19-34(14-9-8-10-15-34)38-31(44)37-27(32(3,4)5)30(43)39-18-22-24(33(22,6)7)25(39)29(42)36-23(17-21-11-12-21)26(40)28(35)41/h20-25,27H,8-19H2,1-7H3,(H2,35,41)(H,36,42)(H2,37,38,44)/t22?,23?,24-,25-,27+,46?/m0/s1. The second kappa shape index (κ2) is 14.0. The molecule has 4 aliphatic rings. The Morgan fingerprint density at radius 1 is 1.02 bits per heavy atom. The van der Waals surface area contributed by atoms with Gasteiger partial charge in [0.15, 0.2) is 0 Å². The van der Waals surface area contributed by atoms with Crippen molar-refractivity contribution < 1.29 is 28.5 Å². The highest BCUT2D eigenvalue weighted by atomic mass is 32.2. The third-order valence-corrected chi connectivity index (χ3v) is 12.4. The van der Waals surface area contributed by atoms with Gasteiger partial charge in [0.05, 0.1) is 11.6 Å². The number of piperidine rings is 1. The van der Waals surface area contributed by atoms with E-state index in [4.69, 9.17) is 5.73 Å². The first-order chi connectivity index (χ1) is 21.4. The Bertz CT molecular complexity index is 1180. The van der Waals surface area contributed by atoms with E-state index in [1.54, 1.807) is 4.90 Å². The van der Waals surface area contributed by atoms with Crippen LogP contribution in [0.3, 0.4) is 0 Å². The van der Waals surface area contributed by atoms with Crippen LogP contribution in [0.5, 0.6) is 0 Å². The Kier molecular flexibility index (Phi) is 11.1. The van der Waals surface area contributed by atoms with E-state index in [2.05, 4.69) is 43.6 Å². The number of carbonyl (C=O) groups is 5. The molecule has 0 aromatic rings. The van der Waals surface area contributed by atoms with Crippen LogP contribution in [-0.2, 0) is 30.4 Å². The molecular formula is C34H57N5O6S. The number of Topliss-reactive ketones (excluding diaryl/α,β-unsaturated/α-hetero) is 1. The number of nitrogens with one attached hydrogen (secondary N) is 3. The molecule has 5 N–H and O–H groups in total. The minimum atomic E-state index is -1.09. The van der Waals surface area contributed by atoms with Gasteiger partial charge in [-0.15, -0.1) is 0 Å². The van der Waals surface area contributed by atoms with Gasteiger partial charge in [-0.05, 0) is 60.2 Å². The SMILES string of the molecule is CC(C)CC[S+]([O-])CC1(NC(=O)N[C@H](C(=O)N2CC3[C@@H]([C@H]2C(=O)NC(CC2CC2)C(=O)C(N)=O)C3(C)C)C(C)(C)C)CCCCC1. The average molecular weight is 664 g/mol. The maximum absolute atomic E-state index is 14.3. The summed E-state index contributed by atoms with van der Waals surface area (Å²) in [5, 5.41) is 8.91. The largest absolute Gasteiger partial charge is 0.616 e. The van der Waals surface area contributed by atoms with E-state index in [0.29, 0.717) is 30.4 Å². The zero-order valence-electron chi connectivity index (χ0n) is 28.9. The number of likely N-dealkylation sites (tertiary alicyclic amines) is 1. The minimum Gasteiger partial charge on any atom is -0.616 e. The second-order valence-electron chi connectivity index (χ2n) is 16.6. The Morgan fingerprint density at radius 2 is 1.65 bits per heavy atom. The van der Waals surface area contributed by atoms with Crippen molar-refractivity contribution in [2.24, 2.45) is 40.2 Å². The summed E-state index contributed by atoms with van der Waals surface area (Å²) < 4.78 is 13.1. The summed E-state index contributed by atoms with van der Waals surface area (Å²) in [5.41, 5.74) is 3.86. The summed E-state index contributed by atoms with van der Waals surface area (Å²) in [4.78, 5) is 67.9. The molecule has 1 heterocycles. The number of ketones is 1. The quantitative estimate of drug-likeness (QED) is 0.164. The first-order valence-electron chi connectivity index (χ1n) is 17.2. The fraction of sp³-hybridized carbons (Fsp3) is 0.853. The van der Waals surface area contributed by atoms with Crippen molar-refractivity contribution in [1.82, 2.24) is 20.9 Å². The number of hydrogen-bond acceptors (Lipinski definition) is 6. The van der Waals surface area contributed by atoms with Crippen LogP contribution >= 0.6 is 0 Å². The summed E-state index contributed by atoms with van der Waals surface area (Å²) in [6.45, 7) is 14.3. The van der Waals surface area contributed by atoms with Crippen LogP contribution in [0.15, 0.2) is 0 Å². The van der Waals surface area contributed by atoms with Crippen molar-refractivity contribution in [2.45, 2.75) is 130 Å². The van der Waals surface area contributed by atoms with Crippen molar-refractivity contribution in [3.63, 3.8) is 0 Å². The Morgan fingerprint density at radius 3 is 2.20 bits per heavy atom. The van der Waals surface area contributed by atoms with E-state index in [1.807, 2.05) is 20.8 Å². The number of rotatable bonds is 14. The Hall–Kier alpha value is -2.34. The fourth-order valence-electron chi connectivity index (χ4n) is 7.66. The molecule has 3 unspecified atom stereocenters. The second-order valence-corrected chi connectivity index (χ2v) is 18.1. The predicted molar refractivity (Wildman–Crippen MR) is 178 cm³/mol. The summed E-state index contributed by atoms with van der Waals surface area (Å²) in [7, 11) is 0. The van der Waals surface area contributed by atoms with Crippen molar-refractivity contribution in [3.8, 4) is 0 Å². The summed E-state index contributed by atoms with van der Waals surface area (Å²) in [6.07, 6.45) is 7.48. The van der Waals surface area contributed by atoms with E-state index in [-0.39, 0.29) is 29.1 Å². The molecule has 3 aliphatic carbocycles. The molecule has 0 bridgehead atoms. The van der Waals surface area contributed by atoms with E-state index < -0.39 is 63.9 Å². The average Bonchev–Trinajstić information content (AvgIpc) is 3.81. The Balaban J connectivity index is 1.50. The number of primary amides is 1. The third-order valence-electron chi connectivity index (χ3n) is 10.8. The van der Waals surface area contributed by atoms with E-state index in [1.165, 1.54) is 0 Å². The molecule has 3 saturated carbocycles. The van der Waals surface area contributed by atoms with Crippen molar-refractivity contribution >= 4 is 40.7 Å². The topological polar surface area (TPSA) is 174 Å². The molecule has 0 aromatic heterocycles. The monoisotopic (exact) mass is 663 g/mol. The van der Waals surface area contributed by atoms with Gasteiger partial charge in [-0.1, -0.05) is 91.7 Å². The van der Waals surface area contributed by atoms with Gasteiger partial charge in [-0.25, -0.2) is 4.79 Å². The maximum atomic E-state index is 14.3. The first-order valence-corrected chi connectivity index (χ1v) is 18.7. The number of amides is 5. The van der Waals surface area contributed by atoms with Crippen LogP contribution < -0.4 is 21.7 Å². The van der Waals surface area contributed by atoms with Crippen LogP contribution in [0, 0.1) is 34.5 Å². The fourth-order valence-corrected chi connectivity index (χ4v) is 9.52. The van der Waals surface area contributed by atoms with Crippen LogP contribution in [0.4, 0.5) is 4.79 Å². The van der Waals surface area contributed by atoms with Crippen molar-refractivity contribution in [2.75, 3.05) is 18.1 Å². The zero-order chi connectivity index (χ0) is 34.2. The van der Waals surface area contributed by atoms with Crippen molar-refractivity contribution in [3.05, 3.63) is 0 Å². The van der Waals surface area contributed by atoms with Crippen LogP contribution in [0.1, 0.15) is 106 Å². The van der Waals surface area contributed by atoms with E-state index in [0.717, 1.165) is 51.4 Å². The molecule has 0 spiro atoms. The van der Waals surface area contributed by atoms with Gasteiger partial charge in [0.2, 0.25) is 17.6 Å². The van der Waals surface area contributed by atoms with Gasteiger partial charge < -0.3 is 31.1 Å². The lowest BCUT2D eigenvalue weighted by molar-refractivity contribution is -0.145. The molecule has 0 radical (unpaired) electrons. The van der Waals surface area contributed by atoms with Gasteiger partial charge in [-0.3, -0.25) is 19.2 Å². The lowest BCUT2D eigenvalue weighted by Crippen LogP contribution is -2.64. The zero-order valence-corrected chi connectivity index (χ0v) is 29.7. The van der Waals surface area contributed by atoms with Crippen LogP contribution in [-0.4, -0.2) is 80.7 Å². The molecule has 0 aromatic carbocycles. The highest BCUT2D eigenvalue weighted by Crippen LogP contribution is 2.65. The van der Waals surface area contributed by atoms with Gasteiger partial charge in [0, 0.05) is 6.54 Å². The molecule has 4 rings (SSSR count). The van der Waals surface area contributed by atoms with Gasteiger partial charge in [0.1, 0.15) is 23.6 Å². The molecular weight excluding hydrogens is 606 g/mol. The molecule has 12 heteroatoms. The molecule has 46 heavy (non-hydrogen) atoms. The Labute approximate surface area is 277 Å². The summed E-state index contributed by atoms with van der Waals surface area (Å²) >= 11 is -1.08. The highest BCUT2D eigenvalue weighted by Gasteiger charge is 2.70. The summed E-state index contributed by atoms with van der Waals surface area (Å²) in [6, 6.07) is -3.27. The third kappa shape index (κ3) is 8.57. The van der Waals surface area contributed by atoms with Gasteiger partial charge >= 0.3 is 6.03 Å². The summed E-state index contributed by atoms with van der Waals surface area (Å²) in [5.74, 6) is -1.06. The minimum absolute atomic E-state index is 0.0988. The van der Waals surface area contributed by atoms with Gasteiger partial charge in [0.25, 0.3) is 5.91 Å². The highest BCUT2D eigenvalue weighted by molar-refractivity contribution is 7.91. The molecule has 1 saturated heterocycles. The number of urea groups is 1. The molecule has 260 valence electrons. The van der Waals surface area contributed by atoms with Crippen molar-refractivity contribution in [1.29, 1.82) is 0 Å². The normalized spacial score (nSPS) is 26.8. The smallest absolute Gasteiger partial charge is 0.316 e. The molecule has 11 nitrogen and oxygen atoms in total. The number of fused-ring (bicyclic) bond motifs is 1. The van der Waals surface area contributed by atoms with E-state index in [9.17, 15) is 28.5 Å². The van der Waals surface area contributed by atoms with Crippen LogP contribution in [0.2, 0.25) is 0 Å². The number of nitrogens with two attached hydrogens (primary N) is 1. The lowest BCUT2D eigenvalue weighted by Gasteiger charge is -2.40. The molecule has 4 fully saturated rings. The predicted octanol–water partition coefficient (Wildman–Crippen LogP) is 3.02. The van der Waals surface area contributed by atoms with Crippen LogP contribution in [0.25, 0.3) is 0 Å². The van der Waals surface area contributed by atoms with Gasteiger partial charge in [-0.2, -0.15) is 0 Å². The van der Waals surface area contributed by atoms with E-state index >= 15 is 0 Å². The maximum Gasteiger partial charge on any atom is 0.316 e. The lowest BCUT2D eigenvalue weighted by atomic mass is 9.83. The number of carbonyl (C=O) groups excluding carboxylic acids is 5. The first kappa shape index (κ1) is 36.5. The number of hydrogen-bond donors (Lipinski definition) is 4. The molecule has 5 amide bonds. The molecule has 1 aliphatic heterocycles.